The van der Waals surface area contributed by atoms with Gasteiger partial charge in [0.05, 0.1) is 23.7 Å². The fraction of sp³-hybridized carbons (Fsp3) is 0.423. The number of amides is 1. The van der Waals surface area contributed by atoms with Crippen molar-refractivity contribution in [3.05, 3.63) is 64.3 Å². The first kappa shape index (κ1) is 27.5. The van der Waals surface area contributed by atoms with Crippen LogP contribution in [0.25, 0.3) is 5.65 Å². The summed E-state index contributed by atoms with van der Waals surface area (Å²) < 4.78 is 18.8. The third-order valence-electron chi connectivity index (χ3n) is 7.67. The van der Waals surface area contributed by atoms with Crippen LogP contribution in [0.3, 0.4) is 0 Å². The summed E-state index contributed by atoms with van der Waals surface area (Å²) in [5.41, 5.74) is 5.98. The molecule has 0 spiro atoms. The van der Waals surface area contributed by atoms with Crippen molar-refractivity contribution in [2.45, 2.75) is 45.1 Å². The van der Waals surface area contributed by atoms with E-state index in [1.807, 2.05) is 0 Å². The Labute approximate surface area is 223 Å². The van der Waals surface area contributed by atoms with E-state index in [1.165, 1.54) is 36.0 Å². The van der Waals surface area contributed by atoms with Gasteiger partial charge in [-0.1, -0.05) is 17.7 Å². The summed E-state index contributed by atoms with van der Waals surface area (Å²) in [6, 6.07) is 7.23. The fourth-order valence-corrected chi connectivity index (χ4v) is 5.46. The number of hydrogen-bond donors (Lipinski definition) is 3. The van der Waals surface area contributed by atoms with Gasteiger partial charge in [-0.25, -0.2) is 18.7 Å². The molecule has 0 saturated heterocycles. The Kier molecular flexibility index (Phi) is 7.98. The lowest BCUT2D eigenvalue weighted by atomic mass is 9.53. The molecule has 202 valence electrons. The third kappa shape index (κ3) is 5.48. The van der Waals surface area contributed by atoms with Crippen molar-refractivity contribution in [3.63, 3.8) is 0 Å². The number of halogens is 2. The summed E-state index contributed by atoms with van der Waals surface area (Å²) in [5, 5.41) is 16.4. The van der Waals surface area contributed by atoms with E-state index < -0.39 is 11.8 Å². The standard InChI is InChI=1S/C19H22N4O5.C7H7ClFN/c1-28-17(27)19-6-3-18(4-7-19,5-8-19)11-20-15(24)13-10-12(16(25)26)22-14-2-9-21-23(13)14;8-6-3-5(4-10)1-2-7(6)9/h2,9-10H,3-8,11H2,1H3,(H,20,24)(H,25,26);1-3H,4,10H2. The number of nitrogens with zero attached hydrogens (tertiary/aromatic N) is 3. The minimum absolute atomic E-state index is 0.0304. The Hall–Kier alpha value is -3.57. The highest BCUT2D eigenvalue weighted by Crippen LogP contribution is 2.57. The van der Waals surface area contributed by atoms with Crippen LogP contribution in [-0.2, 0) is 16.1 Å². The second kappa shape index (κ2) is 11.0. The molecule has 10 nitrogen and oxygen atoms in total. The number of nitrogens with one attached hydrogen (secondary N) is 1. The van der Waals surface area contributed by atoms with Crippen LogP contribution in [0.15, 0.2) is 36.5 Å². The highest BCUT2D eigenvalue weighted by Gasteiger charge is 2.53. The molecule has 3 aliphatic carbocycles. The van der Waals surface area contributed by atoms with Gasteiger partial charge in [0.1, 0.15) is 11.5 Å². The lowest BCUT2D eigenvalue weighted by Gasteiger charge is -2.51. The molecule has 2 bridgehead atoms. The van der Waals surface area contributed by atoms with Crippen LogP contribution in [-0.4, -0.2) is 51.2 Å². The van der Waals surface area contributed by atoms with Crippen LogP contribution in [0, 0.1) is 16.6 Å². The van der Waals surface area contributed by atoms with Gasteiger partial charge < -0.3 is 20.9 Å². The predicted molar refractivity (Wildman–Crippen MR) is 136 cm³/mol. The maximum atomic E-state index is 12.8. The van der Waals surface area contributed by atoms with Crippen LogP contribution in [0.5, 0.6) is 0 Å². The number of nitrogens with two attached hydrogens (primary N) is 1. The molecule has 12 heteroatoms. The number of carbonyl (C=O) groups excluding carboxylic acids is 2. The largest absolute Gasteiger partial charge is 0.477 e. The number of ether oxygens (including phenoxy) is 1. The number of rotatable bonds is 6. The molecule has 3 saturated carbocycles. The average Bonchev–Trinajstić information content (AvgIpc) is 3.42. The van der Waals surface area contributed by atoms with E-state index in [1.54, 1.807) is 12.1 Å². The first-order chi connectivity index (χ1) is 18.1. The summed E-state index contributed by atoms with van der Waals surface area (Å²) in [4.78, 5) is 40.2. The molecule has 2 aromatic heterocycles. The second-order valence-corrected chi connectivity index (χ2v) is 10.2. The molecule has 0 radical (unpaired) electrons. The summed E-state index contributed by atoms with van der Waals surface area (Å²) >= 11 is 5.46. The smallest absolute Gasteiger partial charge is 0.354 e. The number of fused-ring (bicyclic) bond motifs is 4. The number of hydrogen-bond acceptors (Lipinski definition) is 7. The number of carboxylic acid groups (broad SMARTS) is 1. The van der Waals surface area contributed by atoms with E-state index in [0.717, 1.165) is 44.1 Å². The minimum Gasteiger partial charge on any atom is -0.477 e. The summed E-state index contributed by atoms with van der Waals surface area (Å²) in [6.45, 7) is 0.872. The number of esters is 1. The summed E-state index contributed by atoms with van der Waals surface area (Å²) in [7, 11) is 1.43. The van der Waals surface area contributed by atoms with Crippen LogP contribution in [0.2, 0.25) is 5.02 Å². The zero-order chi connectivity index (χ0) is 27.5. The number of carbonyl (C=O) groups is 3. The van der Waals surface area contributed by atoms with E-state index in [0.29, 0.717) is 18.7 Å². The number of benzene rings is 1. The molecular weight excluding hydrogens is 517 g/mol. The molecule has 0 unspecified atom stereocenters. The SMILES string of the molecule is COC(=O)C12CCC(CNC(=O)c3cc(C(=O)O)nc4ccnn34)(CC1)CC2.NCc1ccc(F)c(Cl)c1. The maximum Gasteiger partial charge on any atom is 0.354 e. The molecule has 3 aromatic rings. The summed E-state index contributed by atoms with van der Waals surface area (Å²) in [6.07, 6.45) is 6.37. The molecule has 38 heavy (non-hydrogen) atoms. The van der Waals surface area contributed by atoms with Crippen molar-refractivity contribution in [3.8, 4) is 0 Å². The van der Waals surface area contributed by atoms with Crippen molar-refractivity contribution in [1.29, 1.82) is 0 Å². The van der Waals surface area contributed by atoms with E-state index in [-0.39, 0.29) is 39.1 Å². The van der Waals surface area contributed by atoms with Gasteiger partial charge >= 0.3 is 11.9 Å². The van der Waals surface area contributed by atoms with Gasteiger partial charge in [0, 0.05) is 25.2 Å². The molecular formula is C26H29ClFN5O5. The predicted octanol–water partition coefficient (Wildman–Crippen LogP) is 3.61. The molecule has 1 aromatic carbocycles. The minimum atomic E-state index is -1.20. The number of aromatic carboxylic acids is 1. The van der Waals surface area contributed by atoms with E-state index >= 15 is 0 Å². The first-order valence-corrected chi connectivity index (χ1v) is 12.6. The Bertz CT molecular complexity index is 1350. The molecule has 4 N–H and O–H groups in total. The Morgan fingerprint density at radius 3 is 2.42 bits per heavy atom. The molecule has 2 heterocycles. The quantitative estimate of drug-likeness (QED) is 0.398. The summed E-state index contributed by atoms with van der Waals surface area (Å²) in [5.74, 6) is -2.11. The number of aromatic nitrogens is 3. The monoisotopic (exact) mass is 545 g/mol. The molecule has 3 aliphatic rings. The average molecular weight is 546 g/mol. The Balaban J connectivity index is 0.000000283. The Morgan fingerprint density at radius 2 is 1.84 bits per heavy atom. The number of carboxylic acids is 1. The van der Waals surface area contributed by atoms with E-state index in [9.17, 15) is 23.9 Å². The Morgan fingerprint density at radius 1 is 1.16 bits per heavy atom. The molecule has 3 fully saturated rings. The maximum absolute atomic E-state index is 12.8. The first-order valence-electron chi connectivity index (χ1n) is 12.2. The lowest BCUT2D eigenvalue weighted by Crippen LogP contribution is -2.50. The van der Waals surface area contributed by atoms with E-state index in [4.69, 9.17) is 22.1 Å². The van der Waals surface area contributed by atoms with Gasteiger partial charge in [-0.2, -0.15) is 5.10 Å². The lowest BCUT2D eigenvalue weighted by molar-refractivity contribution is -0.162. The fourth-order valence-electron chi connectivity index (χ4n) is 5.26. The van der Waals surface area contributed by atoms with Crippen molar-refractivity contribution in [2.75, 3.05) is 13.7 Å². The van der Waals surface area contributed by atoms with Crippen LogP contribution in [0.4, 0.5) is 4.39 Å². The van der Waals surface area contributed by atoms with E-state index in [2.05, 4.69) is 15.4 Å². The van der Waals surface area contributed by atoms with Gasteiger partial charge in [0.15, 0.2) is 11.3 Å². The zero-order valence-electron chi connectivity index (χ0n) is 20.9. The highest BCUT2D eigenvalue weighted by atomic mass is 35.5. The number of methoxy groups -OCH3 is 1. The molecule has 6 rings (SSSR count). The van der Waals surface area contributed by atoms with Crippen LogP contribution in [0.1, 0.15) is 65.1 Å². The zero-order valence-corrected chi connectivity index (χ0v) is 21.6. The molecule has 0 atom stereocenters. The van der Waals surface area contributed by atoms with Gasteiger partial charge in [0.2, 0.25) is 0 Å². The van der Waals surface area contributed by atoms with Gasteiger partial charge in [-0.3, -0.25) is 9.59 Å². The highest BCUT2D eigenvalue weighted by molar-refractivity contribution is 6.30. The van der Waals surface area contributed by atoms with Gasteiger partial charge in [-0.15, -0.1) is 0 Å². The molecule has 0 aliphatic heterocycles. The second-order valence-electron chi connectivity index (χ2n) is 9.84. The van der Waals surface area contributed by atoms with Crippen molar-refractivity contribution in [2.24, 2.45) is 16.6 Å². The van der Waals surface area contributed by atoms with Gasteiger partial charge in [-0.05, 0) is 61.6 Å². The molecule has 1 amide bonds. The van der Waals surface area contributed by atoms with Crippen molar-refractivity contribution < 1.29 is 28.6 Å². The van der Waals surface area contributed by atoms with Crippen LogP contribution >= 0.6 is 11.6 Å². The van der Waals surface area contributed by atoms with Crippen LogP contribution < -0.4 is 11.1 Å². The van der Waals surface area contributed by atoms with Crippen molar-refractivity contribution >= 4 is 35.1 Å². The normalized spacial score (nSPS) is 21.9. The van der Waals surface area contributed by atoms with Crippen molar-refractivity contribution in [1.82, 2.24) is 19.9 Å². The van der Waals surface area contributed by atoms with Gasteiger partial charge in [0.25, 0.3) is 5.91 Å². The third-order valence-corrected chi connectivity index (χ3v) is 7.96. The topological polar surface area (TPSA) is 149 Å².